The number of esters is 4. The standard InChI is InChI=1S/C41H47NO13S2/c1-22-35(21-57-32-15-13-31(48)14-16-32)54-41(55-37(22)28-11-9-27(19-43)10-12-28)29-7-6-8-30(17-29)42-36(56)18-33-38(50-24(3)45)40(52-26(5)47)39(51-25(4)46)34(53-33)20-49-23(2)44/h6-17,22,33-35,37-41,43,48H,18-21H2,1-5H3,(H,42,56)/t22-,33-,34+,35+,37+,38-,39+,40+,41?/m0/s1. The number of phenols is 1. The molecule has 57 heavy (non-hydrogen) atoms. The average Bonchev–Trinajstić information content (AvgIpc) is 3.16. The summed E-state index contributed by atoms with van der Waals surface area (Å²) in [5.74, 6) is -2.04. The Balaban J connectivity index is 1.37. The van der Waals surface area contributed by atoms with E-state index in [1.165, 1.54) is 13.8 Å². The summed E-state index contributed by atoms with van der Waals surface area (Å²) in [7, 11) is 0. The molecule has 0 saturated carbocycles. The van der Waals surface area contributed by atoms with Crippen LogP contribution in [-0.2, 0) is 58.9 Å². The van der Waals surface area contributed by atoms with Crippen molar-refractivity contribution in [2.75, 3.05) is 17.7 Å². The first-order chi connectivity index (χ1) is 27.2. The van der Waals surface area contributed by atoms with Crippen molar-refractivity contribution in [2.45, 2.75) is 102 Å². The fraction of sp³-hybridized carbons (Fsp3) is 0.439. The van der Waals surface area contributed by atoms with Gasteiger partial charge in [0.1, 0.15) is 24.6 Å². The number of aliphatic hydroxyl groups is 1. The van der Waals surface area contributed by atoms with Crippen LogP contribution in [0.25, 0.3) is 0 Å². The van der Waals surface area contributed by atoms with Crippen molar-refractivity contribution in [3.05, 3.63) is 89.5 Å². The molecule has 14 nitrogen and oxygen atoms in total. The third kappa shape index (κ3) is 12.2. The Morgan fingerprint density at radius 3 is 2.00 bits per heavy atom. The molecule has 2 fully saturated rings. The summed E-state index contributed by atoms with van der Waals surface area (Å²) < 4.78 is 41.3. The molecule has 9 atom stereocenters. The van der Waals surface area contributed by atoms with Crippen molar-refractivity contribution in [2.24, 2.45) is 5.92 Å². The van der Waals surface area contributed by atoms with E-state index < -0.39 is 60.7 Å². The Kier molecular flexibility index (Phi) is 15.4. The minimum absolute atomic E-state index is 0.0466. The lowest BCUT2D eigenvalue weighted by atomic mass is 9.91. The summed E-state index contributed by atoms with van der Waals surface area (Å²) in [6.45, 7) is 6.35. The molecule has 0 amide bonds. The number of hydrogen-bond donors (Lipinski definition) is 3. The third-order valence-electron chi connectivity index (χ3n) is 9.29. The lowest BCUT2D eigenvalue weighted by Gasteiger charge is -2.44. The number of hydrogen-bond acceptors (Lipinski definition) is 15. The molecule has 16 heteroatoms. The molecule has 2 saturated heterocycles. The zero-order valence-electron chi connectivity index (χ0n) is 32.2. The van der Waals surface area contributed by atoms with Gasteiger partial charge in [0.15, 0.2) is 24.6 Å². The zero-order valence-corrected chi connectivity index (χ0v) is 33.8. The van der Waals surface area contributed by atoms with Crippen LogP contribution in [0.5, 0.6) is 5.75 Å². The van der Waals surface area contributed by atoms with Crippen molar-refractivity contribution in [1.82, 2.24) is 0 Å². The number of carbonyl (C=O) groups excluding carboxylic acids is 4. The lowest BCUT2D eigenvalue weighted by Crippen LogP contribution is -2.62. The molecule has 306 valence electrons. The number of thiocarbonyl (C=S) groups is 1. The fourth-order valence-electron chi connectivity index (χ4n) is 6.67. The molecular weight excluding hydrogens is 779 g/mol. The molecule has 0 aromatic heterocycles. The lowest BCUT2D eigenvalue weighted by molar-refractivity contribution is -0.268. The summed E-state index contributed by atoms with van der Waals surface area (Å²) in [5, 5.41) is 22.6. The minimum atomic E-state index is -1.31. The molecule has 0 spiro atoms. The van der Waals surface area contributed by atoms with E-state index in [2.05, 4.69) is 12.2 Å². The molecule has 1 unspecified atom stereocenters. The molecule has 0 aliphatic carbocycles. The fourth-order valence-corrected chi connectivity index (χ4v) is 8.02. The molecule has 0 bridgehead atoms. The van der Waals surface area contributed by atoms with Crippen LogP contribution in [-0.4, -0.2) is 88.1 Å². The Morgan fingerprint density at radius 2 is 1.39 bits per heavy atom. The normalized spacial score (nSPS) is 25.8. The quantitative estimate of drug-likeness (QED) is 0.0775. The van der Waals surface area contributed by atoms with Crippen LogP contribution in [0, 0.1) is 5.92 Å². The first-order valence-electron chi connectivity index (χ1n) is 18.3. The van der Waals surface area contributed by atoms with Crippen LogP contribution in [0.2, 0.25) is 0 Å². The highest BCUT2D eigenvalue weighted by molar-refractivity contribution is 7.99. The number of ether oxygens (including phenoxy) is 7. The number of thioether (sulfide) groups is 1. The molecule has 2 aliphatic heterocycles. The largest absolute Gasteiger partial charge is 0.508 e. The van der Waals surface area contributed by atoms with Gasteiger partial charge in [-0.15, -0.1) is 11.8 Å². The van der Waals surface area contributed by atoms with E-state index in [0.717, 1.165) is 29.9 Å². The second-order valence-corrected chi connectivity index (χ2v) is 15.3. The Labute approximate surface area is 340 Å². The Hall–Kier alpha value is -4.58. The maximum absolute atomic E-state index is 12.3. The van der Waals surface area contributed by atoms with Crippen LogP contribution in [0.4, 0.5) is 5.69 Å². The molecule has 3 aromatic rings. The summed E-state index contributed by atoms with van der Waals surface area (Å²) >= 11 is 7.38. The molecule has 3 aromatic carbocycles. The van der Waals surface area contributed by atoms with Crippen LogP contribution < -0.4 is 5.32 Å². The van der Waals surface area contributed by atoms with Crippen LogP contribution in [0.1, 0.15) is 70.1 Å². The van der Waals surface area contributed by atoms with Gasteiger partial charge in [-0.2, -0.15) is 0 Å². The predicted molar refractivity (Wildman–Crippen MR) is 211 cm³/mol. The third-order valence-corrected chi connectivity index (χ3v) is 10.7. The summed E-state index contributed by atoms with van der Waals surface area (Å²) in [5.41, 5.74) is 3.02. The van der Waals surface area contributed by atoms with Gasteiger partial charge in [0.25, 0.3) is 0 Å². The summed E-state index contributed by atoms with van der Waals surface area (Å²) in [4.78, 5) is 49.6. The van der Waals surface area contributed by atoms with Crippen LogP contribution in [0.3, 0.4) is 0 Å². The molecule has 2 aliphatic rings. The highest BCUT2D eigenvalue weighted by Gasteiger charge is 2.52. The minimum Gasteiger partial charge on any atom is -0.508 e. The molecule has 5 rings (SSSR count). The van der Waals surface area contributed by atoms with E-state index in [4.69, 9.17) is 45.4 Å². The maximum Gasteiger partial charge on any atom is 0.303 e. The monoisotopic (exact) mass is 825 g/mol. The zero-order chi connectivity index (χ0) is 41.2. The number of carbonyl (C=O) groups is 4. The van der Waals surface area contributed by atoms with Crippen molar-refractivity contribution < 1.29 is 62.5 Å². The number of rotatable bonds is 14. The molecule has 3 N–H and O–H groups in total. The first kappa shape index (κ1) is 43.5. The second-order valence-electron chi connectivity index (χ2n) is 13.7. The smallest absolute Gasteiger partial charge is 0.303 e. The van der Waals surface area contributed by atoms with E-state index in [9.17, 15) is 29.4 Å². The van der Waals surface area contributed by atoms with Crippen molar-refractivity contribution in [1.29, 1.82) is 0 Å². The molecular formula is C41H47NO13S2. The summed E-state index contributed by atoms with van der Waals surface area (Å²) in [6, 6.07) is 22.0. The highest BCUT2D eigenvalue weighted by Crippen LogP contribution is 2.43. The van der Waals surface area contributed by atoms with Gasteiger partial charge in [-0.05, 0) is 47.5 Å². The number of phenolic OH excluding ortho intramolecular Hbond substituents is 1. The second kappa shape index (κ2) is 20.2. The van der Waals surface area contributed by atoms with Crippen LogP contribution >= 0.6 is 24.0 Å². The van der Waals surface area contributed by atoms with E-state index in [1.54, 1.807) is 30.0 Å². The topological polar surface area (TPSA) is 185 Å². The van der Waals surface area contributed by atoms with Gasteiger partial charge in [-0.1, -0.05) is 55.5 Å². The Bertz CT molecular complexity index is 1870. The number of nitrogens with one attached hydrogen (secondary N) is 1. The van der Waals surface area contributed by atoms with Gasteiger partial charge in [0.2, 0.25) is 0 Å². The van der Waals surface area contributed by atoms with E-state index in [1.807, 2.05) is 54.6 Å². The molecule has 0 radical (unpaired) electrons. The average molecular weight is 826 g/mol. The van der Waals surface area contributed by atoms with Gasteiger partial charge in [-0.3, -0.25) is 19.2 Å². The Morgan fingerprint density at radius 1 is 0.754 bits per heavy atom. The number of aromatic hydroxyl groups is 1. The number of benzene rings is 3. The first-order valence-corrected chi connectivity index (χ1v) is 19.7. The molecule has 2 heterocycles. The van der Waals surface area contributed by atoms with Crippen LogP contribution in [0.15, 0.2) is 77.7 Å². The van der Waals surface area contributed by atoms with Crippen molar-refractivity contribution >= 4 is 58.5 Å². The number of aliphatic hydroxyl groups excluding tert-OH is 1. The maximum atomic E-state index is 12.3. The van der Waals surface area contributed by atoms with E-state index >= 15 is 0 Å². The van der Waals surface area contributed by atoms with E-state index in [-0.39, 0.29) is 48.5 Å². The predicted octanol–water partition coefficient (Wildman–Crippen LogP) is 5.72. The van der Waals surface area contributed by atoms with Gasteiger partial charge in [-0.25, -0.2) is 0 Å². The van der Waals surface area contributed by atoms with E-state index in [0.29, 0.717) is 17.0 Å². The van der Waals surface area contributed by atoms with Gasteiger partial charge < -0.3 is 48.7 Å². The highest BCUT2D eigenvalue weighted by atomic mass is 32.2. The summed E-state index contributed by atoms with van der Waals surface area (Å²) in [6.07, 6.45) is -7.36. The van der Waals surface area contributed by atoms with Crippen molar-refractivity contribution in [3.8, 4) is 5.75 Å². The van der Waals surface area contributed by atoms with Gasteiger partial charge >= 0.3 is 23.9 Å². The number of anilines is 1. The van der Waals surface area contributed by atoms with Gasteiger partial charge in [0.05, 0.1) is 23.8 Å². The SMILES string of the molecule is CC(=O)OC[C@H]1O[C@@H](CC(=S)Nc2cccc(C3O[C@H](CSc4ccc(O)cc4)[C@H](C)[C@H](c4ccc(CO)cc4)O3)c2)[C@H](OC(C)=O)[C@@H](OC(C)=O)[C@@H]1OC(C)=O. The van der Waals surface area contributed by atoms with Gasteiger partial charge in [0, 0.05) is 61.9 Å². The van der Waals surface area contributed by atoms with Crippen molar-refractivity contribution in [3.63, 3.8) is 0 Å².